The molecule has 1 aliphatic rings. The summed E-state index contributed by atoms with van der Waals surface area (Å²) in [5.41, 5.74) is 3.39. The molecule has 3 aromatic rings. The Morgan fingerprint density at radius 3 is 2.71 bits per heavy atom. The second kappa shape index (κ2) is 8.62. The van der Waals surface area contributed by atoms with Crippen LogP contribution in [0.25, 0.3) is 11.5 Å². The van der Waals surface area contributed by atoms with Crippen LogP contribution in [0.3, 0.4) is 0 Å². The van der Waals surface area contributed by atoms with E-state index in [0.29, 0.717) is 36.6 Å². The van der Waals surface area contributed by atoms with Gasteiger partial charge in [-0.1, -0.05) is 17.8 Å². The molecule has 0 aliphatic carbocycles. The van der Waals surface area contributed by atoms with Crippen LogP contribution in [0.5, 0.6) is 11.5 Å². The summed E-state index contributed by atoms with van der Waals surface area (Å²) in [7, 11) is 5.05. The van der Waals surface area contributed by atoms with Gasteiger partial charge in [0.05, 0.1) is 26.3 Å². The van der Waals surface area contributed by atoms with E-state index < -0.39 is 0 Å². The van der Waals surface area contributed by atoms with Crippen molar-refractivity contribution < 1.29 is 14.3 Å². The topological polar surface area (TPSA) is 87.3 Å². The van der Waals surface area contributed by atoms with Crippen molar-refractivity contribution in [2.75, 3.05) is 27.0 Å². The van der Waals surface area contributed by atoms with Crippen LogP contribution in [-0.2, 0) is 26.6 Å². The molecule has 0 saturated heterocycles. The maximum absolute atomic E-state index is 13.4. The summed E-state index contributed by atoms with van der Waals surface area (Å²) in [6, 6.07) is 5.35. The van der Waals surface area contributed by atoms with E-state index in [1.54, 1.807) is 44.2 Å². The summed E-state index contributed by atoms with van der Waals surface area (Å²) < 4.78 is 14.8. The molecular formula is C21H26N6O3S. The monoisotopic (exact) mass is 442 g/mol. The highest BCUT2D eigenvalue weighted by Crippen LogP contribution is 2.34. The van der Waals surface area contributed by atoms with E-state index in [9.17, 15) is 4.79 Å². The number of nitrogens with zero attached hydrogens (tertiary/aromatic N) is 6. The zero-order valence-electron chi connectivity index (χ0n) is 18.4. The van der Waals surface area contributed by atoms with E-state index in [4.69, 9.17) is 14.6 Å². The number of rotatable bonds is 6. The molecule has 9 nitrogen and oxygen atoms in total. The number of benzene rings is 1. The van der Waals surface area contributed by atoms with E-state index in [1.807, 2.05) is 22.9 Å². The number of amides is 1. The lowest BCUT2D eigenvalue weighted by Crippen LogP contribution is -2.36. The summed E-state index contributed by atoms with van der Waals surface area (Å²) in [4.78, 5) is 15.2. The molecule has 0 atom stereocenters. The SMILES string of the molecule is CCn1c(SC)nnc1-c1nn(C)c2c1CN(C(=O)c1cccc(OC)c1OC)CC2. The molecule has 0 bridgehead atoms. The van der Waals surface area contributed by atoms with Crippen LogP contribution < -0.4 is 9.47 Å². The van der Waals surface area contributed by atoms with Crippen molar-refractivity contribution in [2.45, 2.75) is 31.6 Å². The molecule has 1 aliphatic heterocycles. The summed E-state index contributed by atoms with van der Waals surface area (Å²) in [5, 5.41) is 14.3. The van der Waals surface area contributed by atoms with Crippen LogP contribution in [0.4, 0.5) is 0 Å². The number of thioether (sulfide) groups is 1. The quantitative estimate of drug-likeness (QED) is 0.542. The summed E-state index contributed by atoms with van der Waals surface area (Å²) >= 11 is 1.55. The number of ether oxygens (including phenoxy) is 2. The minimum Gasteiger partial charge on any atom is -0.493 e. The molecule has 10 heteroatoms. The lowest BCUT2D eigenvalue weighted by molar-refractivity contribution is 0.0729. The van der Waals surface area contributed by atoms with Crippen molar-refractivity contribution in [1.29, 1.82) is 0 Å². The minimum atomic E-state index is -0.0991. The number of aryl methyl sites for hydroxylation is 1. The molecule has 0 spiro atoms. The van der Waals surface area contributed by atoms with Gasteiger partial charge in [0.2, 0.25) is 0 Å². The van der Waals surface area contributed by atoms with Crippen LogP contribution in [-0.4, -0.2) is 62.4 Å². The molecule has 0 N–H and O–H groups in total. The number of aromatic nitrogens is 5. The van der Waals surface area contributed by atoms with Gasteiger partial charge in [-0.25, -0.2) is 0 Å². The van der Waals surface area contributed by atoms with E-state index in [1.165, 1.54) is 0 Å². The fourth-order valence-electron chi connectivity index (χ4n) is 4.07. The Hall–Kier alpha value is -3.01. The normalized spacial score (nSPS) is 13.3. The predicted octanol–water partition coefficient (Wildman–Crippen LogP) is 2.64. The molecule has 0 unspecified atom stereocenters. The van der Waals surface area contributed by atoms with Gasteiger partial charge in [0, 0.05) is 37.8 Å². The molecule has 0 radical (unpaired) electrons. The molecule has 4 rings (SSSR count). The van der Waals surface area contributed by atoms with Gasteiger partial charge in [-0.2, -0.15) is 5.10 Å². The molecule has 3 heterocycles. The highest BCUT2D eigenvalue weighted by Gasteiger charge is 2.31. The van der Waals surface area contributed by atoms with Crippen LogP contribution in [0.2, 0.25) is 0 Å². The van der Waals surface area contributed by atoms with Gasteiger partial charge in [-0.15, -0.1) is 10.2 Å². The third kappa shape index (κ3) is 3.54. The van der Waals surface area contributed by atoms with Gasteiger partial charge < -0.3 is 18.9 Å². The lowest BCUT2D eigenvalue weighted by atomic mass is 10.0. The van der Waals surface area contributed by atoms with Crippen LogP contribution in [0.15, 0.2) is 23.4 Å². The number of hydrogen-bond acceptors (Lipinski definition) is 7. The van der Waals surface area contributed by atoms with Crippen LogP contribution >= 0.6 is 11.8 Å². The number of carbonyl (C=O) groups is 1. The standard InChI is InChI=1S/C21H26N6O3S/c1-6-27-19(22-23-21(27)31-5)17-14-12-26(11-10-15(14)25(2)24-17)20(28)13-8-7-9-16(29-3)18(13)30-4/h7-9H,6,10-12H2,1-5H3. The average molecular weight is 443 g/mol. The highest BCUT2D eigenvalue weighted by molar-refractivity contribution is 7.98. The first-order valence-corrected chi connectivity index (χ1v) is 11.3. The Morgan fingerprint density at radius 2 is 2.03 bits per heavy atom. The molecule has 2 aromatic heterocycles. The maximum Gasteiger partial charge on any atom is 0.258 e. The first-order valence-electron chi connectivity index (χ1n) is 10.1. The van der Waals surface area contributed by atoms with Crippen molar-refractivity contribution in [3.63, 3.8) is 0 Å². The van der Waals surface area contributed by atoms with Gasteiger partial charge in [-0.05, 0) is 25.3 Å². The molecular weight excluding hydrogens is 416 g/mol. The lowest BCUT2D eigenvalue weighted by Gasteiger charge is -2.28. The van der Waals surface area contributed by atoms with E-state index in [-0.39, 0.29) is 5.91 Å². The fraction of sp³-hybridized carbons (Fsp3) is 0.429. The summed E-state index contributed by atoms with van der Waals surface area (Å²) in [6.45, 7) is 3.85. The average Bonchev–Trinajstić information content (AvgIpc) is 3.37. The first kappa shape index (κ1) is 21.2. The summed E-state index contributed by atoms with van der Waals surface area (Å²) in [5.74, 6) is 1.62. The maximum atomic E-state index is 13.4. The zero-order valence-corrected chi connectivity index (χ0v) is 19.2. The van der Waals surface area contributed by atoms with E-state index in [2.05, 4.69) is 21.7 Å². The predicted molar refractivity (Wildman–Crippen MR) is 118 cm³/mol. The summed E-state index contributed by atoms with van der Waals surface area (Å²) in [6.07, 6.45) is 2.70. The Kier molecular flexibility index (Phi) is 5.90. The van der Waals surface area contributed by atoms with Crippen molar-refractivity contribution in [1.82, 2.24) is 29.4 Å². The molecule has 0 saturated carbocycles. The Labute approximate surface area is 185 Å². The van der Waals surface area contributed by atoms with Crippen molar-refractivity contribution in [2.24, 2.45) is 7.05 Å². The third-order valence-electron chi connectivity index (χ3n) is 5.59. The number of fused-ring (bicyclic) bond motifs is 1. The minimum absolute atomic E-state index is 0.0991. The first-order chi connectivity index (χ1) is 15.0. The number of para-hydroxylation sites is 1. The Morgan fingerprint density at radius 1 is 1.23 bits per heavy atom. The number of methoxy groups -OCH3 is 2. The highest BCUT2D eigenvalue weighted by atomic mass is 32.2. The van der Waals surface area contributed by atoms with Gasteiger partial charge in [0.25, 0.3) is 5.91 Å². The molecule has 1 amide bonds. The number of carbonyl (C=O) groups excluding carboxylic acids is 1. The van der Waals surface area contributed by atoms with Crippen molar-refractivity contribution >= 4 is 17.7 Å². The molecule has 31 heavy (non-hydrogen) atoms. The van der Waals surface area contributed by atoms with E-state index in [0.717, 1.165) is 34.5 Å². The van der Waals surface area contributed by atoms with E-state index >= 15 is 0 Å². The smallest absolute Gasteiger partial charge is 0.258 e. The van der Waals surface area contributed by atoms with Crippen LogP contribution in [0.1, 0.15) is 28.5 Å². The number of hydrogen-bond donors (Lipinski definition) is 0. The molecule has 1 aromatic carbocycles. The van der Waals surface area contributed by atoms with Gasteiger partial charge >= 0.3 is 0 Å². The largest absolute Gasteiger partial charge is 0.493 e. The van der Waals surface area contributed by atoms with Crippen molar-refractivity contribution in [3.8, 4) is 23.0 Å². The Bertz CT molecular complexity index is 1120. The molecule has 164 valence electrons. The molecule has 0 fully saturated rings. The van der Waals surface area contributed by atoms with Crippen molar-refractivity contribution in [3.05, 3.63) is 35.0 Å². The zero-order chi connectivity index (χ0) is 22.1. The Balaban J connectivity index is 1.72. The third-order valence-corrected chi connectivity index (χ3v) is 6.26. The van der Waals surface area contributed by atoms with Crippen LogP contribution in [0, 0.1) is 0 Å². The van der Waals surface area contributed by atoms with Gasteiger partial charge in [0.1, 0.15) is 5.69 Å². The van der Waals surface area contributed by atoms with Gasteiger partial charge in [0.15, 0.2) is 22.5 Å². The second-order valence-corrected chi connectivity index (χ2v) is 7.94. The fourth-order valence-corrected chi connectivity index (χ4v) is 4.63. The second-order valence-electron chi connectivity index (χ2n) is 7.17. The van der Waals surface area contributed by atoms with Gasteiger partial charge in [-0.3, -0.25) is 9.48 Å².